The molecule has 1 saturated heterocycles. The minimum Gasteiger partial charge on any atom is -0.484 e. The van der Waals surface area contributed by atoms with E-state index in [0.29, 0.717) is 29.7 Å². The molecular formula is C20H23ClN2O3. The molecule has 5 nitrogen and oxygen atoms in total. The molecule has 0 aromatic heterocycles. The minimum absolute atomic E-state index is 0.0576. The van der Waals surface area contributed by atoms with Gasteiger partial charge in [0.25, 0.3) is 5.91 Å². The average Bonchev–Trinajstić information content (AvgIpc) is 2.60. The number of nitrogens with zero attached hydrogens (tertiary/aromatic N) is 1. The average molecular weight is 375 g/mol. The molecular weight excluding hydrogens is 352 g/mol. The minimum atomic E-state index is -0.221. The first-order valence-corrected chi connectivity index (χ1v) is 9.02. The molecule has 0 radical (unpaired) electrons. The van der Waals surface area contributed by atoms with Gasteiger partial charge in [0.05, 0.1) is 24.6 Å². The topological polar surface area (TPSA) is 50.8 Å². The number of benzene rings is 2. The van der Waals surface area contributed by atoms with Crippen LogP contribution in [0.1, 0.15) is 11.1 Å². The number of amides is 1. The number of hydrogen-bond donors (Lipinski definition) is 1. The third-order valence-corrected chi connectivity index (χ3v) is 4.38. The van der Waals surface area contributed by atoms with Crippen LogP contribution in [-0.4, -0.2) is 38.8 Å². The number of hydrogen-bond acceptors (Lipinski definition) is 4. The zero-order valence-electron chi connectivity index (χ0n) is 15.0. The number of carbonyl (C=O) groups excluding carboxylic acids is 1. The second-order valence-corrected chi connectivity index (χ2v) is 6.86. The van der Waals surface area contributed by atoms with Gasteiger partial charge in [-0.1, -0.05) is 17.7 Å². The number of morpholine rings is 1. The van der Waals surface area contributed by atoms with Gasteiger partial charge in [0, 0.05) is 18.1 Å². The van der Waals surface area contributed by atoms with Crippen molar-refractivity contribution in [2.24, 2.45) is 0 Å². The van der Waals surface area contributed by atoms with E-state index in [1.807, 2.05) is 38.1 Å². The van der Waals surface area contributed by atoms with Crippen LogP contribution in [0.25, 0.3) is 0 Å². The maximum Gasteiger partial charge on any atom is 0.262 e. The summed E-state index contributed by atoms with van der Waals surface area (Å²) in [4.78, 5) is 14.6. The number of rotatable bonds is 5. The first-order valence-electron chi connectivity index (χ1n) is 8.64. The first kappa shape index (κ1) is 18.5. The molecule has 0 atom stereocenters. The van der Waals surface area contributed by atoms with Crippen LogP contribution in [0.4, 0.5) is 11.4 Å². The Morgan fingerprint density at radius 3 is 2.54 bits per heavy atom. The second kappa shape index (κ2) is 8.43. The van der Waals surface area contributed by atoms with Crippen LogP contribution < -0.4 is 15.0 Å². The predicted octanol–water partition coefficient (Wildman–Crippen LogP) is 3.81. The summed E-state index contributed by atoms with van der Waals surface area (Å²) in [6.07, 6.45) is 0. The zero-order valence-corrected chi connectivity index (χ0v) is 15.8. The SMILES string of the molecule is Cc1cc(C)cc(OCC(=O)Nc2cc(Cl)ccc2N2CCOCC2)c1. The van der Waals surface area contributed by atoms with Crippen LogP contribution in [-0.2, 0) is 9.53 Å². The molecule has 6 heteroatoms. The lowest BCUT2D eigenvalue weighted by Gasteiger charge is -2.30. The van der Waals surface area contributed by atoms with Crippen molar-refractivity contribution >= 4 is 28.9 Å². The van der Waals surface area contributed by atoms with Crippen molar-refractivity contribution in [1.82, 2.24) is 0 Å². The van der Waals surface area contributed by atoms with E-state index in [4.69, 9.17) is 21.1 Å². The normalized spacial score (nSPS) is 14.2. The van der Waals surface area contributed by atoms with Crippen LogP contribution in [0, 0.1) is 13.8 Å². The molecule has 26 heavy (non-hydrogen) atoms. The fourth-order valence-corrected chi connectivity index (χ4v) is 3.21. The van der Waals surface area contributed by atoms with Gasteiger partial charge in [-0.15, -0.1) is 0 Å². The Hall–Kier alpha value is -2.24. The van der Waals surface area contributed by atoms with Crippen molar-refractivity contribution in [2.45, 2.75) is 13.8 Å². The van der Waals surface area contributed by atoms with Crippen molar-refractivity contribution in [1.29, 1.82) is 0 Å². The number of carbonyl (C=O) groups is 1. The third-order valence-electron chi connectivity index (χ3n) is 4.15. The summed E-state index contributed by atoms with van der Waals surface area (Å²) >= 11 is 6.12. The molecule has 1 aliphatic heterocycles. The van der Waals surface area contributed by atoms with Crippen LogP contribution in [0.5, 0.6) is 5.75 Å². The summed E-state index contributed by atoms with van der Waals surface area (Å²) in [5, 5.41) is 3.49. The molecule has 1 heterocycles. The van der Waals surface area contributed by atoms with E-state index in [0.717, 1.165) is 29.9 Å². The maximum absolute atomic E-state index is 12.4. The highest BCUT2D eigenvalue weighted by molar-refractivity contribution is 6.31. The molecule has 2 aromatic carbocycles. The van der Waals surface area contributed by atoms with E-state index in [2.05, 4.69) is 16.3 Å². The number of halogens is 1. The van der Waals surface area contributed by atoms with Gasteiger partial charge >= 0.3 is 0 Å². The molecule has 0 spiro atoms. The molecule has 1 aliphatic rings. The molecule has 0 bridgehead atoms. The highest BCUT2D eigenvalue weighted by Gasteiger charge is 2.16. The van der Waals surface area contributed by atoms with Crippen molar-refractivity contribution in [3.8, 4) is 5.75 Å². The first-order chi connectivity index (χ1) is 12.5. The van der Waals surface area contributed by atoms with Crippen molar-refractivity contribution < 1.29 is 14.3 Å². The van der Waals surface area contributed by atoms with Gasteiger partial charge in [-0.2, -0.15) is 0 Å². The van der Waals surface area contributed by atoms with Gasteiger partial charge in [-0.05, 0) is 55.3 Å². The van der Waals surface area contributed by atoms with E-state index in [9.17, 15) is 4.79 Å². The maximum atomic E-state index is 12.4. The Bertz CT molecular complexity index is 768. The van der Waals surface area contributed by atoms with E-state index in [1.54, 1.807) is 6.07 Å². The Morgan fingerprint density at radius 1 is 1.15 bits per heavy atom. The van der Waals surface area contributed by atoms with Gasteiger partial charge in [-0.25, -0.2) is 0 Å². The molecule has 0 aliphatic carbocycles. The molecule has 0 saturated carbocycles. The summed E-state index contributed by atoms with van der Waals surface area (Å²) in [5.41, 5.74) is 3.83. The molecule has 138 valence electrons. The van der Waals surface area contributed by atoms with Crippen LogP contribution in [0.15, 0.2) is 36.4 Å². The van der Waals surface area contributed by atoms with Gasteiger partial charge in [0.2, 0.25) is 0 Å². The van der Waals surface area contributed by atoms with E-state index < -0.39 is 0 Å². The summed E-state index contributed by atoms with van der Waals surface area (Å²) in [6, 6.07) is 11.4. The number of ether oxygens (including phenoxy) is 2. The Balaban J connectivity index is 1.67. The highest BCUT2D eigenvalue weighted by Crippen LogP contribution is 2.30. The summed E-state index contributed by atoms with van der Waals surface area (Å²) in [7, 11) is 0. The van der Waals surface area contributed by atoms with Gasteiger partial charge in [0.15, 0.2) is 6.61 Å². The van der Waals surface area contributed by atoms with E-state index in [1.165, 1.54) is 0 Å². The smallest absolute Gasteiger partial charge is 0.262 e. The quantitative estimate of drug-likeness (QED) is 0.864. The predicted molar refractivity (Wildman–Crippen MR) is 105 cm³/mol. The van der Waals surface area contributed by atoms with E-state index >= 15 is 0 Å². The standard InChI is InChI=1S/C20H23ClN2O3/c1-14-9-15(2)11-17(10-14)26-13-20(24)22-18-12-16(21)3-4-19(18)23-5-7-25-8-6-23/h3-4,9-12H,5-8,13H2,1-2H3,(H,22,24). The highest BCUT2D eigenvalue weighted by atomic mass is 35.5. The van der Waals surface area contributed by atoms with Crippen LogP contribution in [0.2, 0.25) is 5.02 Å². The number of nitrogens with one attached hydrogen (secondary N) is 1. The number of aryl methyl sites for hydroxylation is 2. The lowest BCUT2D eigenvalue weighted by molar-refractivity contribution is -0.118. The largest absolute Gasteiger partial charge is 0.484 e. The van der Waals surface area contributed by atoms with Crippen LogP contribution in [0.3, 0.4) is 0 Å². The molecule has 0 unspecified atom stereocenters. The van der Waals surface area contributed by atoms with Crippen molar-refractivity contribution in [3.05, 3.63) is 52.5 Å². The summed E-state index contributed by atoms with van der Waals surface area (Å²) in [5.74, 6) is 0.470. The molecule has 1 N–H and O–H groups in total. The lowest BCUT2D eigenvalue weighted by atomic mass is 10.1. The Labute approximate surface area is 158 Å². The van der Waals surface area contributed by atoms with Crippen molar-refractivity contribution in [2.75, 3.05) is 43.1 Å². The fraction of sp³-hybridized carbons (Fsp3) is 0.350. The van der Waals surface area contributed by atoms with Crippen LogP contribution >= 0.6 is 11.6 Å². The second-order valence-electron chi connectivity index (χ2n) is 6.42. The number of anilines is 2. The summed E-state index contributed by atoms with van der Waals surface area (Å²) in [6.45, 7) is 6.85. The Morgan fingerprint density at radius 2 is 1.85 bits per heavy atom. The lowest BCUT2D eigenvalue weighted by Crippen LogP contribution is -2.37. The summed E-state index contributed by atoms with van der Waals surface area (Å²) < 4.78 is 11.0. The van der Waals surface area contributed by atoms with Gasteiger partial charge < -0.3 is 19.7 Å². The monoisotopic (exact) mass is 374 g/mol. The van der Waals surface area contributed by atoms with Gasteiger partial charge in [-0.3, -0.25) is 4.79 Å². The Kier molecular flexibility index (Phi) is 6.01. The van der Waals surface area contributed by atoms with Gasteiger partial charge in [0.1, 0.15) is 5.75 Å². The molecule has 1 fully saturated rings. The molecule has 1 amide bonds. The molecule has 2 aromatic rings. The zero-order chi connectivity index (χ0) is 18.5. The third kappa shape index (κ3) is 4.90. The molecule has 3 rings (SSSR count). The van der Waals surface area contributed by atoms with Crippen molar-refractivity contribution in [3.63, 3.8) is 0 Å². The van der Waals surface area contributed by atoms with E-state index in [-0.39, 0.29) is 12.5 Å². The fourth-order valence-electron chi connectivity index (χ4n) is 3.04.